The van der Waals surface area contributed by atoms with Crippen LogP contribution in [-0.4, -0.2) is 53.4 Å². The molecule has 208 valence electrons. The fourth-order valence-corrected chi connectivity index (χ4v) is 6.18. The first-order chi connectivity index (χ1) is 17.7. The van der Waals surface area contributed by atoms with Gasteiger partial charge in [-0.2, -0.15) is 0 Å². The summed E-state index contributed by atoms with van der Waals surface area (Å²) in [5, 5.41) is 0. The number of anilines is 1. The van der Waals surface area contributed by atoms with Gasteiger partial charge in [0.25, 0.3) is 0 Å². The lowest BCUT2D eigenvalue weighted by atomic mass is 9.77. The minimum Gasteiger partial charge on any atom is -0.469 e. The highest BCUT2D eigenvalue weighted by molar-refractivity contribution is 7.92. The van der Waals surface area contributed by atoms with Crippen LogP contribution in [0.5, 0.6) is 5.75 Å². The number of hydrogen-bond acceptors (Lipinski definition) is 6. The average molecular weight is 560 g/mol. The van der Waals surface area contributed by atoms with E-state index in [1.165, 1.54) is 38.4 Å². The van der Waals surface area contributed by atoms with E-state index in [4.69, 9.17) is 9.47 Å². The predicted molar refractivity (Wildman–Crippen MR) is 131 cm³/mol. The van der Waals surface area contributed by atoms with Gasteiger partial charge < -0.3 is 14.2 Å². The Kier molecular flexibility index (Phi) is 7.68. The van der Waals surface area contributed by atoms with E-state index in [0.29, 0.717) is 19.3 Å². The van der Waals surface area contributed by atoms with Crippen LogP contribution < -0.4 is 9.04 Å². The number of nitrogens with zero attached hydrogens (tertiary/aromatic N) is 1. The highest BCUT2D eigenvalue weighted by Gasteiger charge is 2.56. The predicted octanol–water partition coefficient (Wildman–Crippen LogP) is 4.80. The number of hydrogen-bond donors (Lipinski definition) is 0. The number of benzene rings is 2. The lowest BCUT2D eigenvalue weighted by Gasteiger charge is -2.33. The molecule has 1 aliphatic heterocycles. The van der Waals surface area contributed by atoms with Crippen LogP contribution in [0.25, 0.3) is 0 Å². The molecule has 0 radical (unpaired) electrons. The van der Waals surface area contributed by atoms with Crippen LogP contribution >= 0.6 is 0 Å². The van der Waals surface area contributed by atoms with Crippen LogP contribution in [0.1, 0.15) is 36.3 Å². The average Bonchev–Trinajstić information content (AvgIpc) is 3.42. The molecule has 3 unspecified atom stereocenters. The number of rotatable bonds is 7. The maximum atomic E-state index is 13.5. The Hall–Kier alpha value is -2.86. The molecule has 0 aromatic heterocycles. The number of carbonyl (C=O) groups is 1. The van der Waals surface area contributed by atoms with Gasteiger partial charge in [0, 0.05) is 24.4 Å². The van der Waals surface area contributed by atoms with E-state index < -0.39 is 51.4 Å². The van der Waals surface area contributed by atoms with Gasteiger partial charge in [-0.05, 0) is 61.6 Å². The standard InChI is InChI=1S/C26H29F4NO6S/c1-31(38(3,33)34)19-8-9-23(37-26(28,29)30)21(13-19)17-14-25(36-15-17)11-10-20(24(32)35-2)22(25)12-16-4-6-18(27)7-5-16/h4-9,13,17,20,22H,10-12,14-15H2,1-3H3/t17?,20?,22?,25-/m1/s1. The molecule has 4 atom stereocenters. The molecular weight excluding hydrogens is 530 g/mol. The van der Waals surface area contributed by atoms with Gasteiger partial charge in [0.1, 0.15) is 11.6 Å². The van der Waals surface area contributed by atoms with Gasteiger partial charge in [0.05, 0.1) is 37.2 Å². The second kappa shape index (κ2) is 10.4. The van der Waals surface area contributed by atoms with Crippen molar-refractivity contribution in [2.45, 2.75) is 43.6 Å². The highest BCUT2D eigenvalue weighted by Crippen LogP contribution is 2.54. The van der Waals surface area contributed by atoms with Crippen molar-refractivity contribution < 1.29 is 45.0 Å². The maximum Gasteiger partial charge on any atom is 0.573 e. The third kappa shape index (κ3) is 5.90. The number of ether oxygens (including phenoxy) is 3. The summed E-state index contributed by atoms with van der Waals surface area (Å²) in [6.45, 7) is 0.0497. The van der Waals surface area contributed by atoms with E-state index in [9.17, 15) is 30.8 Å². The zero-order valence-corrected chi connectivity index (χ0v) is 21.9. The van der Waals surface area contributed by atoms with E-state index >= 15 is 0 Å². The van der Waals surface area contributed by atoms with Crippen LogP contribution in [0.3, 0.4) is 0 Å². The zero-order chi connectivity index (χ0) is 27.9. The summed E-state index contributed by atoms with van der Waals surface area (Å²) in [5.74, 6) is -2.66. The van der Waals surface area contributed by atoms with Crippen LogP contribution in [0.4, 0.5) is 23.2 Å². The third-order valence-electron chi connectivity index (χ3n) is 7.60. The molecule has 38 heavy (non-hydrogen) atoms. The third-order valence-corrected chi connectivity index (χ3v) is 8.80. The van der Waals surface area contributed by atoms with Crippen molar-refractivity contribution in [2.24, 2.45) is 11.8 Å². The Balaban J connectivity index is 1.70. The van der Waals surface area contributed by atoms with Gasteiger partial charge in [-0.25, -0.2) is 12.8 Å². The molecule has 0 bridgehead atoms. The lowest BCUT2D eigenvalue weighted by Crippen LogP contribution is -2.38. The Morgan fingerprint density at radius 2 is 1.87 bits per heavy atom. The quantitative estimate of drug-likeness (QED) is 0.358. The molecule has 0 N–H and O–H groups in total. The molecular formula is C26H29F4NO6S. The number of alkyl halides is 3. The SMILES string of the molecule is COC(=O)C1CC[C@@]2(CC(c3cc(N(C)S(C)(=O)=O)ccc3OC(F)(F)F)CO2)C1Cc1ccc(F)cc1. The largest absolute Gasteiger partial charge is 0.573 e. The molecule has 2 aromatic rings. The summed E-state index contributed by atoms with van der Waals surface area (Å²) in [4.78, 5) is 12.6. The van der Waals surface area contributed by atoms with Crippen molar-refractivity contribution in [3.63, 3.8) is 0 Å². The van der Waals surface area contributed by atoms with Crippen LogP contribution in [-0.2, 0) is 30.7 Å². The van der Waals surface area contributed by atoms with Gasteiger partial charge >= 0.3 is 12.3 Å². The van der Waals surface area contributed by atoms with Gasteiger partial charge in [0.15, 0.2) is 0 Å². The molecule has 1 heterocycles. The fourth-order valence-electron chi connectivity index (χ4n) is 5.68. The molecule has 2 fully saturated rings. The Morgan fingerprint density at radius 3 is 2.47 bits per heavy atom. The first-order valence-electron chi connectivity index (χ1n) is 12.0. The summed E-state index contributed by atoms with van der Waals surface area (Å²) in [6, 6.07) is 9.63. The van der Waals surface area contributed by atoms with Crippen LogP contribution in [0.2, 0.25) is 0 Å². The molecule has 12 heteroatoms. The molecule has 1 spiro atoms. The monoisotopic (exact) mass is 559 g/mol. The first-order valence-corrected chi connectivity index (χ1v) is 13.9. The van der Waals surface area contributed by atoms with E-state index in [1.807, 2.05) is 0 Å². The molecule has 2 aliphatic rings. The van der Waals surface area contributed by atoms with Crippen molar-refractivity contribution >= 4 is 21.7 Å². The number of sulfonamides is 1. The van der Waals surface area contributed by atoms with Crippen molar-refractivity contribution in [3.05, 3.63) is 59.4 Å². The van der Waals surface area contributed by atoms with E-state index in [-0.39, 0.29) is 30.2 Å². The first kappa shape index (κ1) is 28.2. The maximum absolute atomic E-state index is 13.5. The van der Waals surface area contributed by atoms with E-state index in [0.717, 1.165) is 22.2 Å². The topological polar surface area (TPSA) is 82.1 Å². The second-order valence-corrected chi connectivity index (χ2v) is 11.9. The number of methoxy groups -OCH3 is 1. The normalized spacial score (nSPS) is 25.5. The molecule has 1 aliphatic carbocycles. The summed E-state index contributed by atoms with van der Waals surface area (Å²) < 4.78 is 93.9. The van der Waals surface area contributed by atoms with E-state index in [1.54, 1.807) is 12.1 Å². The minimum atomic E-state index is -4.95. The van der Waals surface area contributed by atoms with Gasteiger partial charge in [-0.3, -0.25) is 9.10 Å². The van der Waals surface area contributed by atoms with Crippen molar-refractivity contribution in [1.29, 1.82) is 0 Å². The van der Waals surface area contributed by atoms with Gasteiger partial charge in [0.2, 0.25) is 10.0 Å². The summed E-state index contributed by atoms with van der Waals surface area (Å²) in [7, 11) is -1.07. The number of halogens is 4. The van der Waals surface area contributed by atoms with Gasteiger partial charge in [-0.1, -0.05) is 12.1 Å². The number of esters is 1. The highest BCUT2D eigenvalue weighted by atomic mass is 32.2. The van der Waals surface area contributed by atoms with Crippen LogP contribution in [0, 0.1) is 17.7 Å². The minimum absolute atomic E-state index is 0.0497. The molecule has 2 aromatic carbocycles. The molecule has 0 amide bonds. The summed E-state index contributed by atoms with van der Waals surface area (Å²) in [5.41, 5.74) is 0.289. The Morgan fingerprint density at radius 1 is 1.18 bits per heavy atom. The van der Waals surface area contributed by atoms with Crippen molar-refractivity contribution in [3.8, 4) is 5.75 Å². The summed E-state index contributed by atoms with van der Waals surface area (Å²) in [6.07, 6.45) is -2.35. The smallest absolute Gasteiger partial charge is 0.469 e. The lowest BCUT2D eigenvalue weighted by molar-refractivity contribution is -0.275. The molecule has 7 nitrogen and oxygen atoms in total. The van der Waals surface area contributed by atoms with Crippen molar-refractivity contribution in [2.75, 3.05) is 31.3 Å². The Bertz CT molecular complexity index is 1280. The second-order valence-electron chi connectivity index (χ2n) is 9.88. The molecule has 1 saturated carbocycles. The number of carbonyl (C=O) groups excluding carboxylic acids is 1. The Labute approximate surface area is 218 Å². The van der Waals surface area contributed by atoms with Gasteiger partial charge in [-0.15, -0.1) is 13.2 Å². The van der Waals surface area contributed by atoms with Crippen molar-refractivity contribution in [1.82, 2.24) is 0 Å². The summed E-state index contributed by atoms with van der Waals surface area (Å²) >= 11 is 0. The van der Waals surface area contributed by atoms with Crippen LogP contribution in [0.15, 0.2) is 42.5 Å². The molecule has 4 rings (SSSR count). The van der Waals surface area contributed by atoms with E-state index in [2.05, 4.69) is 4.74 Å². The fraction of sp³-hybridized carbons (Fsp3) is 0.500. The molecule has 1 saturated heterocycles. The zero-order valence-electron chi connectivity index (χ0n) is 21.1.